The van der Waals surface area contributed by atoms with Crippen LogP contribution in [0.4, 0.5) is 10.1 Å². The Balaban J connectivity index is 0.000000180. The van der Waals surface area contributed by atoms with Crippen LogP contribution >= 0.6 is 0 Å². The van der Waals surface area contributed by atoms with Crippen molar-refractivity contribution in [1.82, 2.24) is 0 Å². The van der Waals surface area contributed by atoms with Crippen LogP contribution in [0.1, 0.15) is 0 Å². The second-order valence-corrected chi connectivity index (χ2v) is 3.44. The predicted octanol–water partition coefficient (Wildman–Crippen LogP) is 3.11. The van der Waals surface area contributed by atoms with Gasteiger partial charge in [0, 0.05) is 17.8 Å². The molecule has 18 heavy (non-hydrogen) atoms. The Labute approximate surface area is 106 Å². The molecule has 2 rings (SSSR count). The SMILES string of the molecule is COc1cccc(F)c1.COc1cccc(N)c1. The highest BCUT2D eigenvalue weighted by Crippen LogP contribution is 2.12. The maximum atomic E-state index is 12.3. The summed E-state index contributed by atoms with van der Waals surface area (Å²) < 4.78 is 21.9. The van der Waals surface area contributed by atoms with E-state index in [9.17, 15) is 4.39 Å². The lowest BCUT2D eigenvalue weighted by Gasteiger charge is -1.97. The number of anilines is 1. The Morgan fingerprint density at radius 1 is 0.889 bits per heavy atom. The smallest absolute Gasteiger partial charge is 0.126 e. The van der Waals surface area contributed by atoms with Gasteiger partial charge in [0.2, 0.25) is 0 Å². The lowest BCUT2D eigenvalue weighted by atomic mass is 10.3. The molecule has 2 N–H and O–H groups in total. The van der Waals surface area contributed by atoms with Crippen molar-refractivity contribution < 1.29 is 13.9 Å². The Hall–Kier alpha value is -2.23. The van der Waals surface area contributed by atoms with Crippen molar-refractivity contribution in [2.75, 3.05) is 20.0 Å². The monoisotopic (exact) mass is 249 g/mol. The van der Waals surface area contributed by atoms with Crippen LogP contribution in [0.15, 0.2) is 48.5 Å². The average molecular weight is 249 g/mol. The van der Waals surface area contributed by atoms with E-state index in [0.29, 0.717) is 5.75 Å². The first kappa shape index (κ1) is 13.8. The topological polar surface area (TPSA) is 44.5 Å². The summed E-state index contributed by atoms with van der Waals surface area (Å²) in [5.41, 5.74) is 6.19. The van der Waals surface area contributed by atoms with Crippen LogP contribution in [0.3, 0.4) is 0 Å². The second-order valence-electron chi connectivity index (χ2n) is 3.44. The molecule has 0 amide bonds. The third-order valence-corrected chi connectivity index (χ3v) is 2.13. The van der Waals surface area contributed by atoms with E-state index in [1.54, 1.807) is 25.3 Å². The predicted molar refractivity (Wildman–Crippen MR) is 70.4 cm³/mol. The average Bonchev–Trinajstić information content (AvgIpc) is 2.39. The number of nitrogens with two attached hydrogens (primary N) is 1. The third kappa shape index (κ3) is 4.74. The van der Waals surface area contributed by atoms with Crippen LogP contribution in [0.25, 0.3) is 0 Å². The maximum absolute atomic E-state index is 12.3. The fraction of sp³-hybridized carbons (Fsp3) is 0.143. The number of hydrogen-bond acceptors (Lipinski definition) is 3. The van der Waals surface area contributed by atoms with E-state index in [0.717, 1.165) is 11.4 Å². The number of benzene rings is 2. The van der Waals surface area contributed by atoms with Crippen molar-refractivity contribution in [2.45, 2.75) is 0 Å². The number of nitrogen functional groups attached to an aromatic ring is 1. The van der Waals surface area contributed by atoms with E-state index in [-0.39, 0.29) is 5.82 Å². The van der Waals surface area contributed by atoms with Gasteiger partial charge in [0.25, 0.3) is 0 Å². The Kier molecular flexibility index (Phi) is 5.51. The molecule has 3 nitrogen and oxygen atoms in total. The molecule has 0 atom stereocenters. The van der Waals surface area contributed by atoms with Gasteiger partial charge < -0.3 is 15.2 Å². The summed E-state index contributed by atoms with van der Waals surface area (Å²) >= 11 is 0. The number of hydrogen-bond donors (Lipinski definition) is 1. The van der Waals surface area contributed by atoms with E-state index in [2.05, 4.69) is 0 Å². The molecule has 0 fully saturated rings. The molecule has 0 bridgehead atoms. The van der Waals surface area contributed by atoms with Crippen molar-refractivity contribution in [3.05, 3.63) is 54.3 Å². The zero-order valence-electron chi connectivity index (χ0n) is 10.4. The van der Waals surface area contributed by atoms with Gasteiger partial charge in [0.1, 0.15) is 17.3 Å². The van der Waals surface area contributed by atoms with Crippen LogP contribution in [0.2, 0.25) is 0 Å². The van der Waals surface area contributed by atoms with Crippen LogP contribution in [0, 0.1) is 5.82 Å². The van der Waals surface area contributed by atoms with Gasteiger partial charge in [0.15, 0.2) is 0 Å². The molecule has 0 heterocycles. The number of rotatable bonds is 2. The molecule has 2 aromatic carbocycles. The molecule has 0 aliphatic heterocycles. The first-order chi connectivity index (χ1) is 8.65. The molecule has 0 aromatic heterocycles. The van der Waals surface area contributed by atoms with E-state index in [1.807, 2.05) is 18.2 Å². The maximum Gasteiger partial charge on any atom is 0.126 e. The first-order valence-corrected chi connectivity index (χ1v) is 5.35. The summed E-state index contributed by atoms with van der Waals surface area (Å²) in [5.74, 6) is 1.08. The lowest BCUT2D eigenvalue weighted by Crippen LogP contribution is -1.86. The minimum atomic E-state index is -0.269. The molecule has 0 saturated carbocycles. The minimum absolute atomic E-state index is 0.269. The number of methoxy groups -OCH3 is 2. The standard InChI is InChI=1S/C7H7FO.C7H9NO/c2*1-9-7-4-2-3-6(8)5-7/h2-5H,1H3;2-5H,8H2,1H3. The van der Waals surface area contributed by atoms with E-state index >= 15 is 0 Å². The molecule has 0 aliphatic carbocycles. The Bertz CT molecular complexity index is 443. The summed E-state index contributed by atoms with van der Waals surface area (Å²) in [6.45, 7) is 0. The fourth-order valence-electron chi connectivity index (χ4n) is 1.24. The lowest BCUT2D eigenvalue weighted by molar-refractivity contribution is 0.411. The highest BCUT2D eigenvalue weighted by Gasteiger charge is 1.90. The van der Waals surface area contributed by atoms with Gasteiger partial charge in [-0.25, -0.2) is 4.39 Å². The summed E-state index contributed by atoms with van der Waals surface area (Å²) in [5, 5.41) is 0. The Morgan fingerprint density at radius 2 is 1.44 bits per heavy atom. The summed E-state index contributed by atoms with van der Waals surface area (Å²) in [6.07, 6.45) is 0. The number of halogens is 1. The molecular formula is C14H16FNO2. The van der Waals surface area contributed by atoms with Gasteiger partial charge in [-0.15, -0.1) is 0 Å². The van der Waals surface area contributed by atoms with Crippen LogP contribution in [-0.4, -0.2) is 14.2 Å². The fourth-order valence-corrected chi connectivity index (χ4v) is 1.24. The largest absolute Gasteiger partial charge is 0.497 e. The van der Waals surface area contributed by atoms with Gasteiger partial charge in [0.05, 0.1) is 14.2 Å². The van der Waals surface area contributed by atoms with Gasteiger partial charge in [-0.05, 0) is 24.3 Å². The highest BCUT2D eigenvalue weighted by molar-refractivity contribution is 5.43. The van der Waals surface area contributed by atoms with Crippen LogP contribution in [-0.2, 0) is 0 Å². The molecule has 0 unspecified atom stereocenters. The minimum Gasteiger partial charge on any atom is -0.497 e. The zero-order chi connectivity index (χ0) is 13.4. The Morgan fingerprint density at radius 3 is 1.83 bits per heavy atom. The highest BCUT2D eigenvalue weighted by atomic mass is 19.1. The quantitative estimate of drug-likeness (QED) is 0.832. The normalized spacial score (nSPS) is 9.06. The second kappa shape index (κ2) is 7.17. The van der Waals surface area contributed by atoms with Crippen LogP contribution < -0.4 is 15.2 Å². The third-order valence-electron chi connectivity index (χ3n) is 2.13. The van der Waals surface area contributed by atoms with E-state index in [1.165, 1.54) is 19.2 Å². The first-order valence-electron chi connectivity index (χ1n) is 5.35. The number of ether oxygens (including phenoxy) is 2. The molecule has 96 valence electrons. The zero-order valence-corrected chi connectivity index (χ0v) is 10.4. The molecule has 4 heteroatoms. The molecule has 0 aliphatic rings. The van der Waals surface area contributed by atoms with Crippen LogP contribution in [0.5, 0.6) is 11.5 Å². The van der Waals surface area contributed by atoms with E-state index in [4.69, 9.17) is 15.2 Å². The summed E-state index contributed by atoms with van der Waals surface area (Å²) in [6, 6.07) is 13.3. The van der Waals surface area contributed by atoms with Crippen molar-refractivity contribution >= 4 is 5.69 Å². The molecule has 0 spiro atoms. The molecule has 0 radical (unpaired) electrons. The molecule has 0 saturated heterocycles. The molecule has 2 aromatic rings. The summed E-state index contributed by atoms with van der Waals surface area (Å²) in [4.78, 5) is 0. The van der Waals surface area contributed by atoms with Gasteiger partial charge in [-0.1, -0.05) is 12.1 Å². The van der Waals surface area contributed by atoms with Gasteiger partial charge in [-0.3, -0.25) is 0 Å². The van der Waals surface area contributed by atoms with E-state index < -0.39 is 0 Å². The van der Waals surface area contributed by atoms with Crippen molar-refractivity contribution in [3.8, 4) is 11.5 Å². The van der Waals surface area contributed by atoms with Crippen molar-refractivity contribution in [3.63, 3.8) is 0 Å². The molecular weight excluding hydrogens is 233 g/mol. The van der Waals surface area contributed by atoms with Gasteiger partial charge >= 0.3 is 0 Å². The van der Waals surface area contributed by atoms with Crippen molar-refractivity contribution in [1.29, 1.82) is 0 Å². The summed E-state index contributed by atoms with van der Waals surface area (Å²) in [7, 11) is 3.13. The van der Waals surface area contributed by atoms with Crippen molar-refractivity contribution in [2.24, 2.45) is 0 Å². The van der Waals surface area contributed by atoms with Gasteiger partial charge in [-0.2, -0.15) is 0 Å².